The van der Waals surface area contributed by atoms with Crippen LogP contribution >= 0.6 is 0 Å². The molecule has 4 aromatic heterocycles. The van der Waals surface area contributed by atoms with Gasteiger partial charge in [-0.05, 0) is 56.2 Å². The van der Waals surface area contributed by atoms with E-state index in [4.69, 9.17) is 23.7 Å². The van der Waals surface area contributed by atoms with Gasteiger partial charge in [-0.25, -0.2) is 14.8 Å². The van der Waals surface area contributed by atoms with Crippen LogP contribution in [0.4, 0.5) is 39.4 Å². The van der Waals surface area contributed by atoms with E-state index >= 15 is 0 Å². The number of fused-ring (bicyclic) bond motifs is 6. The van der Waals surface area contributed by atoms with E-state index in [1.165, 1.54) is 21.8 Å². The van der Waals surface area contributed by atoms with Gasteiger partial charge in [0.05, 0.1) is 64.4 Å². The monoisotopic (exact) mass is 836 g/mol. The molecule has 3 amide bonds. The van der Waals surface area contributed by atoms with Crippen LogP contribution in [0, 0.1) is 0 Å². The molecule has 20 nitrogen and oxygen atoms in total. The van der Waals surface area contributed by atoms with Crippen molar-refractivity contribution < 1.29 is 38.1 Å². The summed E-state index contributed by atoms with van der Waals surface area (Å²) in [6, 6.07) is 14.9. The smallest absolute Gasteiger partial charge is 0.415 e. The number of nitrogens with one attached hydrogen (secondary N) is 5. The first-order valence-corrected chi connectivity index (χ1v) is 19.4. The molecule has 0 fully saturated rings. The molecule has 0 unspecified atom stereocenters. The normalized spacial score (nSPS) is 14.3. The van der Waals surface area contributed by atoms with Crippen LogP contribution in [0.5, 0.6) is 11.5 Å². The summed E-state index contributed by atoms with van der Waals surface area (Å²) in [7, 11) is 6.55. The summed E-state index contributed by atoms with van der Waals surface area (Å²) in [4.78, 5) is 48.7. The van der Waals surface area contributed by atoms with Crippen LogP contribution in [0.25, 0.3) is 11.3 Å². The third-order valence-corrected chi connectivity index (χ3v) is 9.34. The molecule has 6 aromatic rings. The van der Waals surface area contributed by atoms with Gasteiger partial charge in [-0.3, -0.25) is 14.5 Å². The van der Waals surface area contributed by atoms with Gasteiger partial charge in [0.2, 0.25) is 0 Å². The Morgan fingerprint density at radius 2 is 1.28 bits per heavy atom. The zero-order chi connectivity index (χ0) is 43.3. The Balaban J connectivity index is 0.000000189. The van der Waals surface area contributed by atoms with Gasteiger partial charge in [-0.15, -0.1) is 0 Å². The van der Waals surface area contributed by atoms with E-state index in [-0.39, 0.29) is 23.0 Å². The summed E-state index contributed by atoms with van der Waals surface area (Å²) in [5.41, 5.74) is 4.04. The van der Waals surface area contributed by atoms with E-state index in [2.05, 4.69) is 46.7 Å². The van der Waals surface area contributed by atoms with Gasteiger partial charge in [0.15, 0.2) is 11.3 Å². The number of anilines is 6. The predicted molar refractivity (Wildman–Crippen MR) is 227 cm³/mol. The van der Waals surface area contributed by atoms with Gasteiger partial charge in [0, 0.05) is 39.3 Å². The summed E-state index contributed by atoms with van der Waals surface area (Å²) in [5, 5.41) is 23.9. The molecule has 320 valence electrons. The van der Waals surface area contributed by atoms with Gasteiger partial charge >= 0.3 is 6.09 Å². The van der Waals surface area contributed by atoms with E-state index in [1.54, 1.807) is 59.7 Å². The number of carbonyl (C=O) groups is 3. The highest BCUT2D eigenvalue weighted by Crippen LogP contribution is 2.32. The van der Waals surface area contributed by atoms with Crippen LogP contribution in [-0.2, 0) is 27.4 Å². The molecule has 8 bridgehead atoms. The number of benzene rings is 2. The summed E-state index contributed by atoms with van der Waals surface area (Å²) in [6.07, 6.45) is 2.36. The number of carbonyl (C=O) groups excluding carboxylic acids is 3. The van der Waals surface area contributed by atoms with Crippen LogP contribution in [0.1, 0.15) is 52.6 Å². The van der Waals surface area contributed by atoms with E-state index < -0.39 is 11.7 Å². The number of rotatable bonds is 4. The average molecular weight is 837 g/mol. The number of nitrogens with zero attached hydrogens (tertiary/aromatic N) is 7. The van der Waals surface area contributed by atoms with Crippen molar-refractivity contribution in [2.75, 3.05) is 75.5 Å². The highest BCUT2D eigenvalue weighted by Gasteiger charge is 2.26. The Bertz CT molecular complexity index is 2580. The Labute approximate surface area is 350 Å². The van der Waals surface area contributed by atoms with Crippen LogP contribution in [0.15, 0.2) is 60.9 Å². The highest BCUT2D eigenvalue weighted by molar-refractivity contribution is 6.01. The molecule has 0 atom stereocenters. The maximum atomic E-state index is 12.8. The van der Waals surface area contributed by atoms with Crippen LogP contribution in [-0.4, -0.2) is 107 Å². The highest BCUT2D eigenvalue weighted by atomic mass is 16.6. The van der Waals surface area contributed by atoms with Gasteiger partial charge in [0.25, 0.3) is 11.8 Å². The SMILES string of the molecule is CNc1cc2nc3c(cnn13)C(=O)NCCOCc1ccc(OC)c(c1)N2.COc1ccc2cc1Nc1cc(N(C)C(=O)OC(C)(C)C)n3ncc(c3n1)C(=O)NCCOC2. The minimum atomic E-state index is -0.683. The van der Waals surface area contributed by atoms with E-state index in [9.17, 15) is 14.4 Å². The van der Waals surface area contributed by atoms with Crippen molar-refractivity contribution in [1.82, 2.24) is 39.8 Å². The number of aromatic nitrogens is 6. The topological polar surface area (TPSA) is 221 Å². The first-order chi connectivity index (χ1) is 29.3. The fraction of sp³-hybridized carbons (Fsp3) is 0.341. The summed E-state index contributed by atoms with van der Waals surface area (Å²) < 4.78 is 30.8. The van der Waals surface area contributed by atoms with Gasteiger partial charge in [-0.1, -0.05) is 12.1 Å². The lowest BCUT2D eigenvalue weighted by Gasteiger charge is -2.25. The zero-order valence-electron chi connectivity index (χ0n) is 34.9. The van der Waals surface area contributed by atoms with Crippen molar-refractivity contribution >= 4 is 63.8 Å². The van der Waals surface area contributed by atoms with Gasteiger partial charge in [-0.2, -0.15) is 19.2 Å². The molecule has 2 aliphatic rings. The number of amides is 3. The molecule has 0 aliphatic carbocycles. The third kappa shape index (κ3) is 9.50. The summed E-state index contributed by atoms with van der Waals surface area (Å²) in [5.74, 6) is 2.72. The molecular formula is C41H48N12O8. The predicted octanol–water partition coefficient (Wildman–Crippen LogP) is 4.90. The molecule has 0 saturated heterocycles. The third-order valence-electron chi connectivity index (χ3n) is 9.34. The lowest BCUT2D eigenvalue weighted by Crippen LogP contribution is -2.35. The molecule has 5 N–H and O–H groups in total. The van der Waals surface area contributed by atoms with Crippen molar-refractivity contribution in [2.24, 2.45) is 0 Å². The molecule has 6 heterocycles. The van der Waals surface area contributed by atoms with E-state index in [0.29, 0.717) is 91.2 Å². The van der Waals surface area contributed by atoms with E-state index in [1.807, 2.05) is 42.5 Å². The van der Waals surface area contributed by atoms with Crippen molar-refractivity contribution in [3.8, 4) is 11.5 Å². The minimum absolute atomic E-state index is 0.242. The van der Waals surface area contributed by atoms with Crippen LogP contribution in [0.2, 0.25) is 0 Å². The first-order valence-electron chi connectivity index (χ1n) is 19.4. The fourth-order valence-electron chi connectivity index (χ4n) is 6.40. The van der Waals surface area contributed by atoms with Crippen LogP contribution in [0.3, 0.4) is 0 Å². The molecule has 2 aromatic carbocycles. The number of ether oxygens (including phenoxy) is 5. The Morgan fingerprint density at radius 1 is 0.770 bits per heavy atom. The maximum absolute atomic E-state index is 12.8. The lowest BCUT2D eigenvalue weighted by atomic mass is 10.2. The molecular weight excluding hydrogens is 789 g/mol. The molecule has 8 rings (SSSR count). The quantitative estimate of drug-likeness (QED) is 0.160. The first kappa shape index (κ1) is 42.0. The summed E-state index contributed by atoms with van der Waals surface area (Å²) in [6.45, 7) is 7.63. The average Bonchev–Trinajstić information content (AvgIpc) is 3.87. The Hall–Kier alpha value is -7.19. The van der Waals surface area contributed by atoms with Gasteiger partial charge in [0.1, 0.15) is 51.5 Å². The van der Waals surface area contributed by atoms with Gasteiger partial charge < -0.3 is 50.3 Å². The van der Waals surface area contributed by atoms with Crippen molar-refractivity contribution in [2.45, 2.75) is 39.6 Å². The Kier molecular flexibility index (Phi) is 12.4. The molecule has 61 heavy (non-hydrogen) atoms. The molecule has 0 saturated carbocycles. The standard InChI is InChI=1S/C23H28N6O5.C18H20N6O3/c1-23(2,3)34-22(31)28(4)19-11-18-26-16-10-14(6-7-17(16)32-5)13-33-9-8-24-21(30)15-12-25-29(19)20(15)27-18;1-19-16-8-15-22-13-7-11(3-4-14(13)26-2)10-27-6-5-20-18(25)12-9-21-24(16)17(12)23-15/h6-7,10-12H,8-9,13H2,1-5H3,(H,24,30)(H,26,27);3-4,7-9,19H,5-6,10H2,1-2H3,(H,20,25)(H,22,23). The molecule has 0 spiro atoms. The maximum Gasteiger partial charge on any atom is 0.415 e. The number of hydrogen-bond acceptors (Lipinski definition) is 15. The number of methoxy groups -OCH3 is 2. The zero-order valence-corrected chi connectivity index (χ0v) is 34.9. The lowest BCUT2D eigenvalue weighted by molar-refractivity contribution is 0.0587. The largest absolute Gasteiger partial charge is 0.495 e. The van der Waals surface area contributed by atoms with E-state index in [0.717, 1.165) is 16.8 Å². The molecule has 2 aliphatic heterocycles. The molecule has 0 radical (unpaired) electrons. The van der Waals surface area contributed by atoms with Crippen LogP contribution < -0.4 is 41.0 Å². The fourth-order valence-corrected chi connectivity index (χ4v) is 6.40. The number of hydrogen-bond donors (Lipinski definition) is 5. The van der Waals surface area contributed by atoms with Crippen molar-refractivity contribution in [3.05, 3.63) is 83.2 Å². The second-order valence-corrected chi connectivity index (χ2v) is 14.8. The minimum Gasteiger partial charge on any atom is -0.495 e. The Morgan fingerprint density at radius 3 is 1.79 bits per heavy atom. The summed E-state index contributed by atoms with van der Waals surface area (Å²) >= 11 is 0. The van der Waals surface area contributed by atoms with Crippen molar-refractivity contribution in [3.63, 3.8) is 0 Å². The second-order valence-electron chi connectivity index (χ2n) is 14.8. The molecule has 20 heteroatoms. The van der Waals surface area contributed by atoms with Crippen molar-refractivity contribution in [1.29, 1.82) is 0 Å². The second kappa shape index (κ2) is 18.0.